The topological polar surface area (TPSA) is 89.3 Å². The van der Waals surface area contributed by atoms with Crippen LogP contribution in [0.4, 0.5) is 0 Å². The molecular weight excluding hydrogens is 276 g/mol. The Balaban J connectivity index is 2.75. The number of rotatable bonds is 7. The predicted octanol–water partition coefficient (Wildman–Crippen LogP) is 1.89. The van der Waals surface area contributed by atoms with Gasteiger partial charge in [-0.15, -0.1) is 0 Å². The summed E-state index contributed by atoms with van der Waals surface area (Å²) in [6.45, 7) is 6.05. The Morgan fingerprint density at radius 3 is 2.15 bits per heavy atom. The third kappa shape index (κ3) is 4.94. The maximum atomic E-state index is 12.1. The molecule has 0 heterocycles. The van der Waals surface area contributed by atoms with Crippen molar-refractivity contribution < 1.29 is 13.2 Å². The van der Waals surface area contributed by atoms with Gasteiger partial charge in [0.25, 0.3) is 0 Å². The first kappa shape index (κ1) is 16.7. The maximum Gasteiger partial charge on any atom is 0.248 e. The third-order valence-corrected chi connectivity index (χ3v) is 4.59. The number of amides is 1. The second kappa shape index (κ2) is 6.85. The second-order valence-corrected chi connectivity index (χ2v) is 7.10. The first-order valence-corrected chi connectivity index (χ1v) is 8.13. The molecule has 0 aliphatic rings. The molecular formula is C14H22N2O3S. The van der Waals surface area contributed by atoms with E-state index in [0.717, 1.165) is 12.8 Å². The molecule has 0 spiro atoms. The van der Waals surface area contributed by atoms with E-state index in [4.69, 9.17) is 5.73 Å². The van der Waals surface area contributed by atoms with Gasteiger partial charge in [-0.25, -0.2) is 13.1 Å². The molecule has 1 rings (SSSR count). The fraction of sp³-hybridized carbons (Fsp3) is 0.500. The number of carbonyl (C=O) groups is 1. The SMILES string of the molecule is CC(C)CCC(C)NS(=O)(=O)c1ccc(C(N)=O)cc1. The van der Waals surface area contributed by atoms with Crippen LogP contribution in [0.5, 0.6) is 0 Å². The molecule has 1 aromatic carbocycles. The Morgan fingerprint density at radius 2 is 1.70 bits per heavy atom. The smallest absolute Gasteiger partial charge is 0.248 e. The highest BCUT2D eigenvalue weighted by molar-refractivity contribution is 7.89. The molecule has 1 aromatic rings. The summed E-state index contributed by atoms with van der Waals surface area (Å²) in [5.41, 5.74) is 5.41. The third-order valence-electron chi connectivity index (χ3n) is 2.98. The van der Waals surface area contributed by atoms with E-state index in [1.807, 2.05) is 6.92 Å². The van der Waals surface area contributed by atoms with Crippen LogP contribution in [0, 0.1) is 5.92 Å². The van der Waals surface area contributed by atoms with Crippen LogP contribution in [0.15, 0.2) is 29.2 Å². The highest BCUT2D eigenvalue weighted by Gasteiger charge is 2.17. The Bertz CT molecular complexity index is 550. The maximum absolute atomic E-state index is 12.1. The van der Waals surface area contributed by atoms with E-state index >= 15 is 0 Å². The molecule has 0 aliphatic carbocycles. The van der Waals surface area contributed by atoms with Crippen LogP contribution in [0.2, 0.25) is 0 Å². The van der Waals surface area contributed by atoms with E-state index in [2.05, 4.69) is 18.6 Å². The van der Waals surface area contributed by atoms with E-state index in [1.165, 1.54) is 24.3 Å². The molecule has 0 fully saturated rings. The van der Waals surface area contributed by atoms with Crippen molar-refractivity contribution >= 4 is 15.9 Å². The Hall–Kier alpha value is -1.40. The van der Waals surface area contributed by atoms with Crippen LogP contribution in [-0.2, 0) is 10.0 Å². The largest absolute Gasteiger partial charge is 0.366 e. The standard InChI is InChI=1S/C14H22N2O3S/c1-10(2)4-5-11(3)16-20(18,19)13-8-6-12(7-9-13)14(15)17/h6-11,16H,4-5H2,1-3H3,(H2,15,17). The highest BCUT2D eigenvalue weighted by Crippen LogP contribution is 2.13. The van der Waals surface area contributed by atoms with E-state index < -0.39 is 15.9 Å². The monoisotopic (exact) mass is 298 g/mol. The molecule has 5 nitrogen and oxygen atoms in total. The van der Waals surface area contributed by atoms with E-state index in [-0.39, 0.29) is 16.5 Å². The average Bonchev–Trinajstić information content (AvgIpc) is 2.36. The molecule has 6 heteroatoms. The zero-order valence-corrected chi connectivity index (χ0v) is 12.9. The van der Waals surface area contributed by atoms with Crippen LogP contribution in [0.1, 0.15) is 44.0 Å². The Labute approximate surface area is 120 Å². The number of hydrogen-bond acceptors (Lipinski definition) is 3. The summed E-state index contributed by atoms with van der Waals surface area (Å²) < 4.78 is 26.9. The summed E-state index contributed by atoms with van der Waals surface area (Å²) in [6, 6.07) is 5.47. The van der Waals surface area contributed by atoms with Crippen LogP contribution < -0.4 is 10.5 Å². The molecule has 0 saturated carbocycles. The van der Waals surface area contributed by atoms with Gasteiger partial charge in [-0.1, -0.05) is 13.8 Å². The van der Waals surface area contributed by atoms with Gasteiger partial charge in [0.15, 0.2) is 0 Å². The van der Waals surface area contributed by atoms with Crippen LogP contribution in [0.3, 0.4) is 0 Å². The first-order valence-electron chi connectivity index (χ1n) is 6.64. The normalized spacial score (nSPS) is 13.4. The summed E-state index contributed by atoms with van der Waals surface area (Å²) in [7, 11) is -3.55. The quantitative estimate of drug-likeness (QED) is 0.805. The predicted molar refractivity (Wildman–Crippen MR) is 78.8 cm³/mol. The van der Waals surface area contributed by atoms with Gasteiger partial charge in [-0.05, 0) is 49.9 Å². The molecule has 0 aliphatic heterocycles. The van der Waals surface area contributed by atoms with Crippen molar-refractivity contribution in [2.45, 2.75) is 44.6 Å². The summed E-state index contributed by atoms with van der Waals surface area (Å²) in [5.74, 6) is -0.0380. The fourth-order valence-corrected chi connectivity index (χ4v) is 3.05. The number of sulfonamides is 1. The number of carbonyl (C=O) groups excluding carboxylic acids is 1. The molecule has 0 bridgehead atoms. The van der Waals surface area contributed by atoms with Crippen molar-refractivity contribution in [3.8, 4) is 0 Å². The van der Waals surface area contributed by atoms with Crippen molar-refractivity contribution in [1.82, 2.24) is 4.72 Å². The highest BCUT2D eigenvalue weighted by atomic mass is 32.2. The van der Waals surface area contributed by atoms with Gasteiger partial charge in [0.05, 0.1) is 4.90 Å². The first-order chi connectivity index (χ1) is 9.22. The number of nitrogens with one attached hydrogen (secondary N) is 1. The second-order valence-electron chi connectivity index (χ2n) is 5.38. The van der Waals surface area contributed by atoms with Gasteiger partial charge >= 0.3 is 0 Å². The molecule has 1 unspecified atom stereocenters. The van der Waals surface area contributed by atoms with Gasteiger partial charge in [-0.3, -0.25) is 4.79 Å². The summed E-state index contributed by atoms with van der Waals surface area (Å²) >= 11 is 0. The molecule has 0 saturated heterocycles. The van der Waals surface area contributed by atoms with Crippen molar-refractivity contribution in [3.05, 3.63) is 29.8 Å². The summed E-state index contributed by atoms with van der Waals surface area (Å²) in [4.78, 5) is 11.1. The van der Waals surface area contributed by atoms with Crippen molar-refractivity contribution in [1.29, 1.82) is 0 Å². The van der Waals surface area contributed by atoms with Crippen LogP contribution in [0.25, 0.3) is 0 Å². The lowest BCUT2D eigenvalue weighted by atomic mass is 10.1. The van der Waals surface area contributed by atoms with Gasteiger partial charge < -0.3 is 5.73 Å². The Kier molecular flexibility index (Phi) is 5.71. The number of hydrogen-bond donors (Lipinski definition) is 2. The van der Waals surface area contributed by atoms with Crippen molar-refractivity contribution in [2.24, 2.45) is 11.7 Å². The summed E-state index contributed by atoms with van der Waals surface area (Å²) in [5, 5.41) is 0. The molecule has 0 radical (unpaired) electrons. The van der Waals surface area contributed by atoms with E-state index in [0.29, 0.717) is 5.92 Å². The molecule has 3 N–H and O–H groups in total. The lowest BCUT2D eigenvalue weighted by Gasteiger charge is -2.15. The molecule has 112 valence electrons. The van der Waals surface area contributed by atoms with Crippen LogP contribution in [-0.4, -0.2) is 20.4 Å². The van der Waals surface area contributed by atoms with E-state index in [1.54, 1.807) is 0 Å². The molecule has 1 atom stereocenters. The van der Waals surface area contributed by atoms with Crippen LogP contribution >= 0.6 is 0 Å². The minimum atomic E-state index is -3.55. The minimum absolute atomic E-state index is 0.127. The molecule has 20 heavy (non-hydrogen) atoms. The van der Waals surface area contributed by atoms with Gasteiger partial charge in [0, 0.05) is 11.6 Å². The zero-order valence-electron chi connectivity index (χ0n) is 12.1. The van der Waals surface area contributed by atoms with E-state index in [9.17, 15) is 13.2 Å². The summed E-state index contributed by atoms with van der Waals surface area (Å²) in [6.07, 6.45) is 1.75. The van der Waals surface area contributed by atoms with Gasteiger partial charge in [0.1, 0.15) is 0 Å². The van der Waals surface area contributed by atoms with Gasteiger partial charge in [-0.2, -0.15) is 0 Å². The average molecular weight is 298 g/mol. The zero-order chi connectivity index (χ0) is 15.3. The number of primary amides is 1. The minimum Gasteiger partial charge on any atom is -0.366 e. The fourth-order valence-electron chi connectivity index (χ4n) is 1.77. The number of benzene rings is 1. The lowest BCUT2D eigenvalue weighted by Crippen LogP contribution is -2.32. The van der Waals surface area contributed by atoms with Gasteiger partial charge in [0.2, 0.25) is 15.9 Å². The molecule has 1 amide bonds. The molecule has 0 aromatic heterocycles. The van der Waals surface area contributed by atoms with Crippen molar-refractivity contribution in [2.75, 3.05) is 0 Å². The lowest BCUT2D eigenvalue weighted by molar-refractivity contribution is 0.1000. The number of nitrogens with two attached hydrogens (primary N) is 1. The van der Waals surface area contributed by atoms with Crippen molar-refractivity contribution in [3.63, 3.8) is 0 Å². The Morgan fingerprint density at radius 1 is 1.15 bits per heavy atom.